The molecule has 0 unspecified atom stereocenters. The molecule has 0 radical (unpaired) electrons. The largest absolute Gasteiger partial charge is 0.374 e. The smallest absolute Gasteiger partial charge is 0.250 e. The molecule has 0 rings (SSSR count). The molecule has 0 aromatic carbocycles. The minimum Gasteiger partial charge on any atom is -0.374 e. The van der Waals surface area contributed by atoms with Crippen molar-refractivity contribution >= 4 is 37.4 Å². The van der Waals surface area contributed by atoms with E-state index in [1.165, 1.54) is 0 Å². The van der Waals surface area contributed by atoms with Crippen molar-refractivity contribution in [2.45, 2.75) is 51.3 Å². The van der Waals surface area contributed by atoms with E-state index in [1.54, 1.807) is 0 Å². The van der Waals surface area contributed by atoms with Gasteiger partial charge in [-0.3, -0.25) is 0 Å². The van der Waals surface area contributed by atoms with Crippen LogP contribution in [0.2, 0.25) is 45.3 Å². The maximum absolute atomic E-state index is 6.01. The van der Waals surface area contributed by atoms with E-state index in [4.69, 9.17) is 13.3 Å². The summed E-state index contributed by atoms with van der Waals surface area (Å²) in [5.41, 5.74) is 0. The average molecular weight is 283 g/mol. The second-order valence-corrected chi connectivity index (χ2v) is 12.2. The van der Waals surface area contributed by atoms with Crippen LogP contribution in [-0.2, 0) is 13.3 Å². The first-order valence-corrected chi connectivity index (χ1v) is 15.6. The quantitative estimate of drug-likeness (QED) is 0.500. The Bertz CT molecular complexity index is 149. The van der Waals surface area contributed by atoms with Gasteiger partial charge in [0, 0.05) is 16.3 Å². The predicted octanol–water partition coefficient (Wildman–Crippen LogP) is 0.424. The van der Waals surface area contributed by atoms with Gasteiger partial charge in [0.25, 0.3) is 0 Å². The molecule has 0 heterocycles. The molecule has 0 atom stereocenters. The topological polar surface area (TPSA) is 27.7 Å². The van der Waals surface area contributed by atoms with Crippen molar-refractivity contribution in [2.75, 3.05) is 0 Å². The monoisotopic (exact) mass is 282 g/mol. The van der Waals surface area contributed by atoms with Crippen LogP contribution >= 0.6 is 0 Å². The van der Waals surface area contributed by atoms with Gasteiger partial charge in [-0.25, -0.2) is 0 Å². The lowest BCUT2D eigenvalue weighted by molar-refractivity contribution is -0.247. The first-order valence-electron chi connectivity index (χ1n) is 5.84. The molecule has 0 bridgehead atoms. The van der Waals surface area contributed by atoms with E-state index in [-0.39, 0.29) is 0 Å². The Labute approximate surface area is 102 Å². The molecule has 0 aromatic rings. The number of hydrogen-bond donors (Lipinski definition) is 0. The standard InChI is InChI=1S/C8H26O3Si4/c1-13(2)9-8(7-12,10-14(3)4)11-15(5)6/h13-15H,7H2,1-6,12H3. The maximum Gasteiger partial charge on any atom is 0.250 e. The molecule has 0 aromatic heterocycles. The molecule has 92 valence electrons. The van der Waals surface area contributed by atoms with Gasteiger partial charge in [0.15, 0.2) is 27.1 Å². The Morgan fingerprint density at radius 2 is 1.07 bits per heavy atom. The summed E-state index contributed by atoms with van der Waals surface area (Å²) in [6.45, 7) is 13.0. The van der Waals surface area contributed by atoms with E-state index in [2.05, 4.69) is 39.3 Å². The first-order chi connectivity index (χ1) is 6.81. The van der Waals surface area contributed by atoms with E-state index >= 15 is 0 Å². The average Bonchev–Trinajstić information content (AvgIpc) is 1.99. The highest BCUT2D eigenvalue weighted by Gasteiger charge is 2.34. The van der Waals surface area contributed by atoms with Crippen LogP contribution in [0.1, 0.15) is 0 Å². The fourth-order valence-corrected chi connectivity index (χ4v) is 6.23. The summed E-state index contributed by atoms with van der Waals surface area (Å²) in [5.74, 6) is -0.645. The fourth-order valence-electron chi connectivity index (χ4n) is 1.41. The lowest BCUT2D eigenvalue weighted by atomic mass is 10.7. The van der Waals surface area contributed by atoms with Crippen molar-refractivity contribution in [2.24, 2.45) is 0 Å². The third-order valence-corrected chi connectivity index (χ3v) is 5.04. The van der Waals surface area contributed by atoms with Gasteiger partial charge in [-0.15, -0.1) is 0 Å². The molecule has 3 nitrogen and oxygen atoms in total. The van der Waals surface area contributed by atoms with Gasteiger partial charge in [-0.1, -0.05) is 0 Å². The summed E-state index contributed by atoms with van der Waals surface area (Å²) in [4.78, 5) is 0. The zero-order valence-electron chi connectivity index (χ0n) is 11.2. The highest BCUT2D eigenvalue weighted by molar-refractivity contribution is 6.51. The van der Waals surface area contributed by atoms with Crippen molar-refractivity contribution in [1.82, 2.24) is 0 Å². The molecular weight excluding hydrogens is 256 g/mol. The van der Waals surface area contributed by atoms with Crippen molar-refractivity contribution in [1.29, 1.82) is 0 Å². The molecule has 0 N–H and O–H groups in total. The van der Waals surface area contributed by atoms with Crippen LogP contribution in [0.5, 0.6) is 0 Å². The van der Waals surface area contributed by atoms with Crippen molar-refractivity contribution in [3.8, 4) is 0 Å². The van der Waals surface area contributed by atoms with Crippen LogP contribution in [0.15, 0.2) is 0 Å². The minimum absolute atomic E-state index is 0.645. The summed E-state index contributed by atoms with van der Waals surface area (Å²) in [6, 6.07) is 0.925. The third kappa shape index (κ3) is 6.82. The maximum atomic E-state index is 6.01. The summed E-state index contributed by atoms with van der Waals surface area (Å²) < 4.78 is 18.0. The predicted molar refractivity (Wildman–Crippen MR) is 77.4 cm³/mol. The Balaban J connectivity index is 4.59. The van der Waals surface area contributed by atoms with Gasteiger partial charge in [0.1, 0.15) is 0 Å². The Morgan fingerprint density at radius 3 is 1.20 bits per heavy atom. The summed E-state index contributed by atoms with van der Waals surface area (Å²) in [5, 5.41) is 0. The van der Waals surface area contributed by atoms with E-state index in [0.29, 0.717) is 0 Å². The molecule has 0 aliphatic carbocycles. The fraction of sp³-hybridized carbons (Fsp3) is 1.00. The van der Waals surface area contributed by atoms with Crippen LogP contribution in [0.25, 0.3) is 0 Å². The molecular formula is C8H26O3Si4. The summed E-state index contributed by atoms with van der Waals surface area (Å²) in [6.07, 6.45) is 0. The lowest BCUT2D eigenvalue weighted by Gasteiger charge is -2.38. The summed E-state index contributed by atoms with van der Waals surface area (Å²) >= 11 is 0. The van der Waals surface area contributed by atoms with Crippen molar-refractivity contribution < 1.29 is 13.3 Å². The van der Waals surface area contributed by atoms with Crippen LogP contribution in [0, 0.1) is 0 Å². The Kier molecular flexibility index (Phi) is 7.50. The highest BCUT2D eigenvalue weighted by atomic mass is 28.3. The van der Waals surface area contributed by atoms with Crippen LogP contribution in [-0.4, -0.2) is 43.3 Å². The molecule has 7 heteroatoms. The molecule has 0 saturated carbocycles. The second kappa shape index (κ2) is 7.15. The van der Waals surface area contributed by atoms with E-state index in [1.807, 2.05) is 0 Å². The van der Waals surface area contributed by atoms with Crippen molar-refractivity contribution in [3.05, 3.63) is 0 Å². The normalized spacial score (nSPS) is 13.4. The van der Waals surface area contributed by atoms with Gasteiger partial charge in [0.2, 0.25) is 5.97 Å². The van der Waals surface area contributed by atoms with Gasteiger partial charge >= 0.3 is 0 Å². The second-order valence-electron chi connectivity index (χ2n) is 4.54. The van der Waals surface area contributed by atoms with Gasteiger partial charge in [-0.2, -0.15) is 0 Å². The third-order valence-electron chi connectivity index (χ3n) is 1.68. The van der Waals surface area contributed by atoms with Crippen LogP contribution in [0.4, 0.5) is 0 Å². The zero-order chi connectivity index (χ0) is 12.1. The first kappa shape index (κ1) is 15.7. The highest BCUT2D eigenvalue weighted by Crippen LogP contribution is 2.23. The Hall–Kier alpha value is 0.748. The molecule has 0 saturated heterocycles. The van der Waals surface area contributed by atoms with Crippen LogP contribution < -0.4 is 0 Å². The summed E-state index contributed by atoms with van der Waals surface area (Å²) in [7, 11) is -2.29. The van der Waals surface area contributed by atoms with E-state index < -0.39 is 33.1 Å². The van der Waals surface area contributed by atoms with E-state index in [9.17, 15) is 0 Å². The molecule has 0 amide bonds. The van der Waals surface area contributed by atoms with Gasteiger partial charge < -0.3 is 13.3 Å². The molecule has 0 aliphatic rings. The molecule has 15 heavy (non-hydrogen) atoms. The van der Waals surface area contributed by atoms with Gasteiger partial charge in [0.05, 0.1) is 0 Å². The number of rotatable bonds is 7. The molecule has 0 spiro atoms. The zero-order valence-corrected chi connectivity index (χ0v) is 16.6. The molecule has 0 aliphatic heterocycles. The van der Waals surface area contributed by atoms with Gasteiger partial charge in [-0.05, 0) is 39.3 Å². The van der Waals surface area contributed by atoms with Crippen LogP contribution in [0.3, 0.4) is 0 Å². The Morgan fingerprint density at radius 1 is 0.800 bits per heavy atom. The van der Waals surface area contributed by atoms with Crippen molar-refractivity contribution in [3.63, 3.8) is 0 Å². The lowest BCUT2D eigenvalue weighted by Crippen LogP contribution is -2.47. The minimum atomic E-state index is -1.11. The van der Waals surface area contributed by atoms with E-state index in [0.717, 1.165) is 16.3 Å². The number of hydrogen-bond acceptors (Lipinski definition) is 3. The SMILES string of the molecule is C[SiH](C)OC(C[SiH3])(O[SiH](C)C)O[SiH](C)C. The molecule has 0 fully saturated rings.